The Hall–Kier alpha value is -2.95. The number of hydrogen-bond donors (Lipinski definition) is 1. The molecular weight excluding hydrogens is 386 g/mol. The molecule has 4 nitrogen and oxygen atoms in total. The molecule has 0 heterocycles. The third-order valence-corrected chi connectivity index (χ3v) is 4.76. The van der Waals surface area contributed by atoms with Crippen LogP contribution in [-0.2, 0) is 16.1 Å². The molecule has 1 N–H and O–H groups in total. The van der Waals surface area contributed by atoms with Crippen LogP contribution >= 0.6 is 11.6 Å². The molecule has 29 heavy (non-hydrogen) atoms. The number of hydrogen-bond acceptors (Lipinski definition) is 3. The quantitative estimate of drug-likeness (QED) is 0.537. The summed E-state index contributed by atoms with van der Waals surface area (Å²) < 4.78 is 5.56. The lowest BCUT2D eigenvalue weighted by Gasteiger charge is -2.12. The Morgan fingerprint density at radius 2 is 1.72 bits per heavy atom. The molecule has 0 saturated carbocycles. The minimum Gasteiger partial charge on any atom is -0.367 e. The molecule has 0 aliphatic rings. The minimum absolute atomic E-state index is 0.116. The number of rotatable bonds is 7. The Kier molecular flexibility index (Phi) is 6.81. The van der Waals surface area contributed by atoms with Crippen molar-refractivity contribution >= 4 is 29.0 Å². The summed E-state index contributed by atoms with van der Waals surface area (Å²) in [7, 11) is 0. The SMILES string of the molecule is Cc1ccc(COCC(=O)Nc2ccc(Cl)cc2C(=O)c2ccccc2)c(C)c1. The largest absolute Gasteiger partial charge is 0.367 e. The topological polar surface area (TPSA) is 55.4 Å². The standard InChI is InChI=1S/C24H22ClNO3/c1-16-8-9-19(17(2)12-16)14-29-15-23(27)26-22-11-10-20(25)13-21(22)24(28)18-6-4-3-5-7-18/h3-13H,14-15H2,1-2H3,(H,26,27). The van der Waals surface area contributed by atoms with Crippen molar-refractivity contribution < 1.29 is 14.3 Å². The van der Waals surface area contributed by atoms with E-state index in [-0.39, 0.29) is 18.3 Å². The highest BCUT2D eigenvalue weighted by atomic mass is 35.5. The number of ketones is 1. The van der Waals surface area contributed by atoms with Gasteiger partial charge >= 0.3 is 0 Å². The first-order valence-corrected chi connectivity index (χ1v) is 9.65. The zero-order valence-electron chi connectivity index (χ0n) is 16.4. The average molecular weight is 408 g/mol. The van der Waals surface area contributed by atoms with E-state index in [2.05, 4.69) is 11.4 Å². The second-order valence-corrected chi connectivity index (χ2v) is 7.29. The first kappa shape index (κ1) is 20.8. The maximum Gasteiger partial charge on any atom is 0.250 e. The number of ether oxygens (including phenoxy) is 1. The fourth-order valence-electron chi connectivity index (χ4n) is 3.01. The van der Waals surface area contributed by atoms with E-state index >= 15 is 0 Å². The third kappa shape index (κ3) is 5.53. The van der Waals surface area contributed by atoms with Crippen LogP contribution in [-0.4, -0.2) is 18.3 Å². The van der Waals surface area contributed by atoms with E-state index in [0.29, 0.717) is 28.4 Å². The number of carbonyl (C=O) groups excluding carboxylic acids is 2. The van der Waals surface area contributed by atoms with Crippen molar-refractivity contribution in [1.29, 1.82) is 0 Å². The molecule has 0 radical (unpaired) electrons. The van der Waals surface area contributed by atoms with Crippen molar-refractivity contribution in [1.82, 2.24) is 0 Å². The summed E-state index contributed by atoms with van der Waals surface area (Å²) in [4.78, 5) is 25.2. The van der Waals surface area contributed by atoms with Gasteiger partial charge in [0.1, 0.15) is 6.61 Å². The van der Waals surface area contributed by atoms with Crippen molar-refractivity contribution in [3.63, 3.8) is 0 Å². The number of halogens is 1. The number of carbonyl (C=O) groups is 2. The van der Waals surface area contributed by atoms with Crippen LogP contribution in [0.15, 0.2) is 66.7 Å². The molecule has 1 amide bonds. The zero-order valence-corrected chi connectivity index (χ0v) is 17.1. The summed E-state index contributed by atoms with van der Waals surface area (Å²) in [5.41, 5.74) is 4.61. The molecule has 5 heteroatoms. The zero-order chi connectivity index (χ0) is 20.8. The Morgan fingerprint density at radius 1 is 0.966 bits per heavy atom. The summed E-state index contributed by atoms with van der Waals surface area (Å²) in [5.74, 6) is -0.543. The Morgan fingerprint density at radius 3 is 2.45 bits per heavy atom. The summed E-state index contributed by atoms with van der Waals surface area (Å²) in [5, 5.41) is 3.18. The molecule has 3 aromatic carbocycles. The van der Waals surface area contributed by atoms with Crippen LogP contribution in [0.5, 0.6) is 0 Å². The molecule has 0 unspecified atom stereocenters. The highest BCUT2D eigenvalue weighted by molar-refractivity contribution is 6.31. The van der Waals surface area contributed by atoms with Crippen LogP contribution in [0.25, 0.3) is 0 Å². The van der Waals surface area contributed by atoms with E-state index in [9.17, 15) is 9.59 Å². The Bertz CT molecular complexity index is 1030. The van der Waals surface area contributed by atoms with Crippen LogP contribution in [0.4, 0.5) is 5.69 Å². The fourth-order valence-corrected chi connectivity index (χ4v) is 3.18. The van der Waals surface area contributed by atoms with Gasteiger partial charge in [0.2, 0.25) is 5.91 Å². The molecule has 148 valence electrons. The summed E-state index contributed by atoms with van der Waals surface area (Å²) in [6, 6.07) is 19.8. The van der Waals surface area contributed by atoms with E-state index in [1.807, 2.05) is 32.0 Å². The van der Waals surface area contributed by atoms with Gasteiger partial charge in [0.25, 0.3) is 0 Å². The van der Waals surface area contributed by atoms with Crippen LogP contribution in [0, 0.1) is 13.8 Å². The van der Waals surface area contributed by atoms with Gasteiger partial charge in [0, 0.05) is 16.1 Å². The molecule has 0 aliphatic heterocycles. The highest BCUT2D eigenvalue weighted by Crippen LogP contribution is 2.24. The maximum atomic E-state index is 12.8. The van der Waals surface area contributed by atoms with Crippen molar-refractivity contribution in [3.8, 4) is 0 Å². The van der Waals surface area contributed by atoms with Crippen LogP contribution < -0.4 is 5.32 Å². The molecule has 0 aromatic heterocycles. The lowest BCUT2D eigenvalue weighted by Crippen LogP contribution is -2.20. The molecular formula is C24H22ClNO3. The van der Waals surface area contributed by atoms with Gasteiger partial charge in [-0.3, -0.25) is 9.59 Å². The summed E-state index contributed by atoms with van der Waals surface area (Å²) in [6.45, 7) is 4.28. The van der Waals surface area contributed by atoms with Crippen molar-refractivity contribution in [2.24, 2.45) is 0 Å². The van der Waals surface area contributed by atoms with Gasteiger partial charge in [0.05, 0.1) is 12.3 Å². The Balaban J connectivity index is 1.66. The first-order chi connectivity index (χ1) is 13.9. The van der Waals surface area contributed by atoms with Gasteiger partial charge in [0.15, 0.2) is 5.78 Å². The maximum absolute atomic E-state index is 12.8. The minimum atomic E-state index is -0.334. The van der Waals surface area contributed by atoms with Crippen molar-refractivity contribution in [2.75, 3.05) is 11.9 Å². The monoisotopic (exact) mass is 407 g/mol. The lowest BCUT2D eigenvalue weighted by molar-refractivity contribution is -0.121. The van der Waals surface area contributed by atoms with Gasteiger partial charge in [-0.15, -0.1) is 0 Å². The third-order valence-electron chi connectivity index (χ3n) is 4.53. The van der Waals surface area contributed by atoms with E-state index in [0.717, 1.165) is 11.1 Å². The smallest absolute Gasteiger partial charge is 0.250 e. The number of anilines is 1. The molecule has 3 aromatic rings. The van der Waals surface area contributed by atoms with Crippen molar-refractivity contribution in [3.05, 3.63) is 99.6 Å². The summed E-state index contributed by atoms with van der Waals surface area (Å²) >= 11 is 6.07. The average Bonchev–Trinajstić information content (AvgIpc) is 2.71. The van der Waals surface area contributed by atoms with Gasteiger partial charge in [-0.2, -0.15) is 0 Å². The van der Waals surface area contributed by atoms with Crippen LogP contribution in [0.1, 0.15) is 32.6 Å². The predicted octanol–water partition coefficient (Wildman–Crippen LogP) is 5.34. The molecule has 3 rings (SSSR count). The van der Waals surface area contributed by atoms with Crippen LogP contribution in [0.3, 0.4) is 0 Å². The number of benzene rings is 3. The van der Waals surface area contributed by atoms with E-state index in [1.54, 1.807) is 42.5 Å². The molecule has 0 aliphatic carbocycles. The Labute approximate surface area is 175 Å². The number of amides is 1. The molecule has 0 bridgehead atoms. The molecule has 0 atom stereocenters. The van der Waals surface area contributed by atoms with E-state index < -0.39 is 0 Å². The van der Waals surface area contributed by atoms with Gasteiger partial charge in [-0.05, 0) is 43.2 Å². The van der Waals surface area contributed by atoms with E-state index in [1.165, 1.54) is 5.56 Å². The van der Waals surface area contributed by atoms with Gasteiger partial charge in [-0.1, -0.05) is 65.7 Å². The molecule has 0 saturated heterocycles. The molecule has 0 spiro atoms. The summed E-state index contributed by atoms with van der Waals surface area (Å²) in [6.07, 6.45) is 0. The first-order valence-electron chi connectivity index (χ1n) is 9.27. The lowest BCUT2D eigenvalue weighted by atomic mass is 10.0. The van der Waals surface area contributed by atoms with Crippen molar-refractivity contribution in [2.45, 2.75) is 20.5 Å². The highest BCUT2D eigenvalue weighted by Gasteiger charge is 2.16. The van der Waals surface area contributed by atoms with Gasteiger partial charge < -0.3 is 10.1 Å². The van der Waals surface area contributed by atoms with Gasteiger partial charge in [-0.25, -0.2) is 0 Å². The number of aryl methyl sites for hydroxylation is 2. The van der Waals surface area contributed by atoms with E-state index in [4.69, 9.17) is 16.3 Å². The molecule has 0 fully saturated rings. The normalized spacial score (nSPS) is 10.6. The second kappa shape index (κ2) is 9.50. The number of nitrogens with one attached hydrogen (secondary N) is 1. The van der Waals surface area contributed by atoms with Crippen LogP contribution in [0.2, 0.25) is 5.02 Å². The fraction of sp³-hybridized carbons (Fsp3) is 0.167. The predicted molar refractivity (Wildman–Crippen MR) is 116 cm³/mol. The second-order valence-electron chi connectivity index (χ2n) is 6.86.